The number of aliphatic imine (C=N–C) groups is 1. The molecule has 1 aliphatic rings. The molecule has 0 saturated carbocycles. The van der Waals surface area contributed by atoms with E-state index in [1.54, 1.807) is 30.7 Å². The molecule has 36 heavy (non-hydrogen) atoms. The Kier molecular flexibility index (Phi) is 10.2. The number of rotatable bonds is 10. The van der Waals surface area contributed by atoms with Crippen LogP contribution in [0.5, 0.6) is 0 Å². The number of hydrogen-bond acceptors (Lipinski definition) is 5. The van der Waals surface area contributed by atoms with Crippen LogP contribution in [-0.4, -0.2) is 72.2 Å². The molecule has 0 unspecified atom stereocenters. The van der Waals surface area contributed by atoms with Crippen molar-refractivity contribution < 1.29 is 19.1 Å². The molecule has 0 bridgehead atoms. The van der Waals surface area contributed by atoms with Gasteiger partial charge in [-0.2, -0.15) is 0 Å². The van der Waals surface area contributed by atoms with E-state index in [1.165, 1.54) is 0 Å². The summed E-state index contributed by atoms with van der Waals surface area (Å²) in [5.74, 6) is -0.650. The van der Waals surface area contributed by atoms with Crippen molar-refractivity contribution in [2.45, 2.75) is 51.8 Å². The summed E-state index contributed by atoms with van der Waals surface area (Å²) in [6.07, 6.45) is 1.88. The third kappa shape index (κ3) is 7.75. The monoisotopic (exact) mass is 492 g/mol. The quantitative estimate of drug-likeness (QED) is 0.513. The number of ether oxygens (including phenoxy) is 1. The Morgan fingerprint density at radius 1 is 1.08 bits per heavy atom. The molecule has 2 atom stereocenters. The molecule has 3 amide bonds. The Morgan fingerprint density at radius 2 is 1.72 bits per heavy atom. The molecule has 0 radical (unpaired) electrons. The van der Waals surface area contributed by atoms with Crippen molar-refractivity contribution in [3.63, 3.8) is 0 Å². The first-order valence-corrected chi connectivity index (χ1v) is 12.5. The van der Waals surface area contributed by atoms with Gasteiger partial charge in [-0.05, 0) is 51.3 Å². The average molecular weight is 493 g/mol. The molecule has 1 saturated heterocycles. The number of likely N-dealkylation sites (N-methyl/N-ethyl adjacent to an activating group) is 1. The van der Waals surface area contributed by atoms with Crippen molar-refractivity contribution in [1.29, 1.82) is 0 Å². The second-order valence-electron chi connectivity index (χ2n) is 9.06. The first-order chi connectivity index (χ1) is 17.4. The van der Waals surface area contributed by atoms with E-state index < -0.39 is 12.1 Å². The van der Waals surface area contributed by atoms with Gasteiger partial charge < -0.3 is 19.9 Å². The number of likely N-dealkylation sites (tertiary alicyclic amines) is 1. The van der Waals surface area contributed by atoms with Crippen molar-refractivity contribution in [2.24, 2.45) is 4.99 Å². The van der Waals surface area contributed by atoms with Crippen molar-refractivity contribution in [1.82, 2.24) is 15.1 Å². The SMILES string of the molecule is CN[C@@H](C)C(=O)N=C(C)C(=O)N1CCC[C@H]1CN(CCc1ccccc1)C(=O)OCc1ccccc1. The number of carbonyl (C=O) groups excluding carboxylic acids is 3. The van der Waals surface area contributed by atoms with E-state index >= 15 is 0 Å². The van der Waals surface area contributed by atoms with Gasteiger partial charge in [0.1, 0.15) is 12.3 Å². The zero-order valence-electron chi connectivity index (χ0n) is 21.4. The Hall–Kier alpha value is -3.52. The molecule has 2 aromatic carbocycles. The van der Waals surface area contributed by atoms with E-state index in [9.17, 15) is 14.4 Å². The normalized spacial score (nSPS) is 16.5. The van der Waals surface area contributed by atoms with E-state index in [0.29, 0.717) is 26.1 Å². The molecule has 3 rings (SSSR count). The van der Waals surface area contributed by atoms with Crippen LogP contribution in [0.25, 0.3) is 0 Å². The lowest BCUT2D eigenvalue weighted by Crippen LogP contribution is -2.47. The lowest BCUT2D eigenvalue weighted by molar-refractivity contribution is -0.126. The van der Waals surface area contributed by atoms with Crippen LogP contribution in [-0.2, 0) is 27.4 Å². The van der Waals surface area contributed by atoms with Crippen molar-refractivity contribution in [2.75, 3.05) is 26.7 Å². The number of benzene rings is 2. The van der Waals surface area contributed by atoms with E-state index in [1.807, 2.05) is 60.7 Å². The number of nitrogens with one attached hydrogen (secondary N) is 1. The van der Waals surface area contributed by atoms with Gasteiger partial charge in [0, 0.05) is 25.7 Å². The van der Waals surface area contributed by atoms with Gasteiger partial charge in [-0.3, -0.25) is 9.59 Å². The van der Waals surface area contributed by atoms with Gasteiger partial charge >= 0.3 is 6.09 Å². The highest BCUT2D eigenvalue weighted by Crippen LogP contribution is 2.20. The van der Waals surface area contributed by atoms with E-state index in [2.05, 4.69) is 10.3 Å². The van der Waals surface area contributed by atoms with Gasteiger partial charge in [0.2, 0.25) is 0 Å². The number of carbonyl (C=O) groups is 3. The maximum absolute atomic E-state index is 13.1. The molecule has 0 aromatic heterocycles. The Bertz CT molecular complexity index is 1040. The number of nitrogens with zero attached hydrogens (tertiary/aromatic N) is 3. The highest BCUT2D eigenvalue weighted by atomic mass is 16.6. The van der Waals surface area contributed by atoms with Crippen molar-refractivity contribution >= 4 is 23.6 Å². The molecule has 1 heterocycles. The smallest absolute Gasteiger partial charge is 0.410 e. The van der Waals surface area contributed by atoms with E-state index in [4.69, 9.17) is 4.74 Å². The molecule has 8 nitrogen and oxygen atoms in total. The molecule has 2 aromatic rings. The topological polar surface area (TPSA) is 91.3 Å². The zero-order valence-corrected chi connectivity index (χ0v) is 21.4. The van der Waals surface area contributed by atoms with Crippen LogP contribution >= 0.6 is 0 Å². The second-order valence-corrected chi connectivity index (χ2v) is 9.06. The fraction of sp³-hybridized carbons (Fsp3) is 0.429. The number of amides is 3. The lowest BCUT2D eigenvalue weighted by Gasteiger charge is -2.30. The molecule has 8 heteroatoms. The minimum atomic E-state index is -0.463. The molecular formula is C28H36N4O4. The van der Waals surface area contributed by atoms with Crippen LogP contribution in [0.15, 0.2) is 65.7 Å². The average Bonchev–Trinajstić information content (AvgIpc) is 3.37. The van der Waals surface area contributed by atoms with Gasteiger partial charge in [-0.1, -0.05) is 60.7 Å². The summed E-state index contributed by atoms with van der Waals surface area (Å²) < 4.78 is 5.63. The zero-order chi connectivity index (χ0) is 25.9. The summed E-state index contributed by atoms with van der Waals surface area (Å²) in [6, 6.07) is 18.9. The van der Waals surface area contributed by atoms with Crippen LogP contribution < -0.4 is 5.32 Å². The van der Waals surface area contributed by atoms with Gasteiger partial charge in [0.15, 0.2) is 0 Å². The fourth-order valence-electron chi connectivity index (χ4n) is 4.16. The Morgan fingerprint density at radius 3 is 2.36 bits per heavy atom. The molecule has 1 aliphatic heterocycles. The van der Waals surface area contributed by atoms with Gasteiger partial charge in [-0.15, -0.1) is 0 Å². The predicted molar refractivity (Wildman–Crippen MR) is 140 cm³/mol. The lowest BCUT2D eigenvalue weighted by atomic mass is 10.1. The van der Waals surface area contributed by atoms with Crippen molar-refractivity contribution in [3.8, 4) is 0 Å². The van der Waals surface area contributed by atoms with Crippen molar-refractivity contribution in [3.05, 3.63) is 71.8 Å². The predicted octanol–water partition coefficient (Wildman–Crippen LogP) is 3.45. The second kappa shape index (κ2) is 13.5. The first-order valence-electron chi connectivity index (χ1n) is 12.5. The van der Waals surface area contributed by atoms with Crippen LogP contribution in [0.1, 0.15) is 37.8 Å². The standard InChI is InChI=1S/C28H36N4O4/c1-21(29-3)26(33)30-22(2)27(34)32-17-10-15-25(32)19-31(18-16-23-11-6-4-7-12-23)28(35)36-20-24-13-8-5-9-14-24/h4-9,11-14,21,25,29H,10,15-20H2,1-3H3/t21-,25-/m0/s1. The summed E-state index contributed by atoms with van der Waals surface area (Å²) in [6.45, 7) is 4.86. The Labute approximate surface area is 213 Å². The maximum Gasteiger partial charge on any atom is 0.410 e. The number of hydrogen-bond donors (Lipinski definition) is 1. The maximum atomic E-state index is 13.1. The molecule has 1 fully saturated rings. The summed E-state index contributed by atoms with van der Waals surface area (Å²) in [5, 5.41) is 2.84. The van der Waals surface area contributed by atoms with E-state index in [-0.39, 0.29) is 30.2 Å². The highest BCUT2D eigenvalue weighted by Gasteiger charge is 2.33. The summed E-state index contributed by atoms with van der Waals surface area (Å²) >= 11 is 0. The van der Waals surface area contributed by atoms with Gasteiger partial charge in [0.25, 0.3) is 11.8 Å². The fourth-order valence-corrected chi connectivity index (χ4v) is 4.16. The summed E-state index contributed by atoms with van der Waals surface area (Å²) in [5.41, 5.74) is 2.20. The molecule has 0 spiro atoms. The summed E-state index contributed by atoms with van der Waals surface area (Å²) in [7, 11) is 1.67. The van der Waals surface area contributed by atoms with Crippen LogP contribution in [0.3, 0.4) is 0 Å². The van der Waals surface area contributed by atoms with Crippen LogP contribution in [0, 0.1) is 0 Å². The highest BCUT2D eigenvalue weighted by molar-refractivity contribution is 6.39. The van der Waals surface area contributed by atoms with E-state index in [0.717, 1.165) is 24.0 Å². The first kappa shape index (κ1) is 27.1. The van der Waals surface area contributed by atoms with Crippen LogP contribution in [0.4, 0.5) is 4.79 Å². The van der Waals surface area contributed by atoms with Crippen LogP contribution in [0.2, 0.25) is 0 Å². The third-order valence-electron chi connectivity index (χ3n) is 6.44. The molecule has 192 valence electrons. The molecule has 0 aliphatic carbocycles. The minimum absolute atomic E-state index is 0.163. The van der Waals surface area contributed by atoms with Gasteiger partial charge in [-0.25, -0.2) is 9.79 Å². The van der Waals surface area contributed by atoms with Gasteiger partial charge in [0.05, 0.1) is 6.04 Å². The molecular weight excluding hydrogens is 456 g/mol. The molecule has 1 N–H and O–H groups in total. The largest absolute Gasteiger partial charge is 0.445 e. The minimum Gasteiger partial charge on any atom is -0.445 e. The Balaban J connectivity index is 1.69. The third-order valence-corrected chi connectivity index (χ3v) is 6.44. The summed E-state index contributed by atoms with van der Waals surface area (Å²) in [4.78, 5) is 45.8.